The highest BCUT2D eigenvalue weighted by Crippen LogP contribution is 2.44. The molecule has 0 saturated carbocycles. The number of hydrogen-bond donors (Lipinski definition) is 2. The minimum Gasteiger partial charge on any atom is -0.325 e. The maximum absolute atomic E-state index is 13.8. The summed E-state index contributed by atoms with van der Waals surface area (Å²) in [7, 11) is 0. The smallest absolute Gasteiger partial charge is 0.325 e. The van der Waals surface area contributed by atoms with Crippen LogP contribution in [-0.4, -0.2) is 40.3 Å². The first-order valence-electron chi connectivity index (χ1n) is 11.2. The lowest BCUT2D eigenvalue weighted by Crippen LogP contribution is -2.49. The first kappa shape index (κ1) is 26.3. The van der Waals surface area contributed by atoms with Crippen molar-refractivity contribution in [2.75, 3.05) is 17.2 Å². The van der Waals surface area contributed by atoms with Gasteiger partial charge in [-0.3, -0.25) is 14.4 Å². The van der Waals surface area contributed by atoms with Crippen molar-refractivity contribution >= 4 is 29.2 Å². The van der Waals surface area contributed by atoms with Crippen LogP contribution in [0.25, 0.3) is 0 Å². The van der Waals surface area contributed by atoms with Crippen molar-refractivity contribution in [1.29, 1.82) is 5.26 Å². The van der Waals surface area contributed by atoms with Crippen molar-refractivity contribution in [1.82, 2.24) is 9.88 Å². The molecule has 1 aliphatic rings. The van der Waals surface area contributed by atoms with E-state index < -0.39 is 48.2 Å². The summed E-state index contributed by atoms with van der Waals surface area (Å²) in [5.74, 6) is -4.15. The van der Waals surface area contributed by atoms with Crippen LogP contribution >= 0.6 is 0 Å². The molecule has 2 N–H and O–H groups in total. The molecule has 194 valence electrons. The van der Waals surface area contributed by atoms with Gasteiger partial charge < -0.3 is 15.5 Å². The van der Waals surface area contributed by atoms with Gasteiger partial charge in [-0.05, 0) is 41.5 Å². The van der Waals surface area contributed by atoms with Crippen LogP contribution in [0.5, 0.6) is 0 Å². The average Bonchev–Trinajstić information content (AvgIpc) is 2.86. The molecule has 0 aliphatic carbocycles. The summed E-state index contributed by atoms with van der Waals surface area (Å²) >= 11 is 0. The first-order valence-corrected chi connectivity index (χ1v) is 11.2. The van der Waals surface area contributed by atoms with Gasteiger partial charge in [0.2, 0.25) is 11.8 Å². The SMILES string of the molecule is CC(=O)Nc1ccc(C2[C@@H](C(=O)Nc3ccc(F)c(C#N)c3)c3ccccc3C(=O)N2CC(F)(F)F)cn1. The second-order valence-corrected chi connectivity index (χ2v) is 8.51. The number of rotatable bonds is 5. The van der Waals surface area contributed by atoms with Crippen molar-refractivity contribution in [3.05, 3.63) is 88.9 Å². The van der Waals surface area contributed by atoms with Gasteiger partial charge in [-0.2, -0.15) is 18.4 Å². The van der Waals surface area contributed by atoms with E-state index in [9.17, 15) is 31.9 Å². The van der Waals surface area contributed by atoms with Crippen LogP contribution in [0.3, 0.4) is 0 Å². The number of hydrogen-bond acceptors (Lipinski definition) is 5. The zero-order chi connectivity index (χ0) is 27.6. The molecule has 4 rings (SSSR count). The standard InChI is InChI=1S/C26H19F4N5O3/c1-14(36)33-21-9-6-15(12-32-21)23-22(24(37)34-17-7-8-20(27)16(10-17)11-31)18-4-2-3-5-19(18)25(38)35(23)13-26(28,29)30/h2-10,12,22-23H,13H2,1H3,(H,34,37)(H,32,33,36)/t22-,23?/m0/s1. The highest BCUT2D eigenvalue weighted by Gasteiger charge is 2.47. The molecular formula is C26H19F4N5O3. The largest absolute Gasteiger partial charge is 0.406 e. The van der Waals surface area contributed by atoms with Crippen molar-refractivity contribution in [2.24, 2.45) is 0 Å². The number of nitrogens with zero attached hydrogens (tertiary/aromatic N) is 3. The third-order valence-corrected chi connectivity index (χ3v) is 5.86. The monoisotopic (exact) mass is 525 g/mol. The zero-order valence-electron chi connectivity index (χ0n) is 19.7. The molecule has 3 amide bonds. The van der Waals surface area contributed by atoms with Gasteiger partial charge in [0.15, 0.2) is 0 Å². The van der Waals surface area contributed by atoms with Crippen LogP contribution in [-0.2, 0) is 9.59 Å². The van der Waals surface area contributed by atoms with E-state index in [1.807, 2.05) is 0 Å². The summed E-state index contributed by atoms with van der Waals surface area (Å²) in [6, 6.07) is 12.1. The lowest BCUT2D eigenvalue weighted by Gasteiger charge is -2.41. The predicted molar refractivity (Wildman–Crippen MR) is 127 cm³/mol. The Kier molecular flexibility index (Phi) is 7.12. The molecule has 0 bridgehead atoms. The maximum Gasteiger partial charge on any atom is 0.406 e. The summed E-state index contributed by atoms with van der Waals surface area (Å²) in [6.07, 6.45) is -3.60. The molecular weight excluding hydrogens is 506 g/mol. The highest BCUT2D eigenvalue weighted by atomic mass is 19.4. The Bertz CT molecular complexity index is 1450. The summed E-state index contributed by atoms with van der Waals surface area (Å²) < 4.78 is 54.8. The van der Waals surface area contributed by atoms with E-state index in [0.717, 1.165) is 12.1 Å². The van der Waals surface area contributed by atoms with Crippen molar-refractivity contribution < 1.29 is 31.9 Å². The fraction of sp³-hybridized carbons (Fsp3) is 0.192. The number of nitrogens with one attached hydrogen (secondary N) is 2. The Morgan fingerprint density at radius 1 is 1.11 bits per heavy atom. The summed E-state index contributed by atoms with van der Waals surface area (Å²) in [6.45, 7) is -0.387. The number of amides is 3. The average molecular weight is 525 g/mol. The molecule has 0 saturated heterocycles. The van der Waals surface area contributed by atoms with E-state index in [1.54, 1.807) is 12.1 Å². The lowest BCUT2D eigenvalue weighted by molar-refractivity contribution is -0.148. The van der Waals surface area contributed by atoms with E-state index >= 15 is 0 Å². The maximum atomic E-state index is 13.8. The van der Waals surface area contributed by atoms with E-state index in [-0.39, 0.29) is 33.8 Å². The van der Waals surface area contributed by atoms with Gasteiger partial charge in [-0.25, -0.2) is 9.37 Å². The van der Waals surface area contributed by atoms with E-state index in [4.69, 9.17) is 5.26 Å². The van der Waals surface area contributed by atoms with E-state index in [0.29, 0.717) is 4.90 Å². The molecule has 2 atom stereocenters. The molecule has 1 aliphatic heterocycles. The summed E-state index contributed by atoms with van der Waals surface area (Å²) in [5.41, 5.74) is -0.0689. The van der Waals surface area contributed by atoms with Gasteiger partial charge in [-0.1, -0.05) is 24.3 Å². The van der Waals surface area contributed by atoms with Crippen LogP contribution in [0.2, 0.25) is 0 Å². The number of halogens is 4. The molecule has 2 heterocycles. The minimum absolute atomic E-state index is 0.0441. The minimum atomic E-state index is -4.79. The zero-order valence-corrected chi connectivity index (χ0v) is 19.7. The predicted octanol–water partition coefficient (Wildman–Crippen LogP) is 4.53. The molecule has 0 fully saturated rings. The Labute approximate surface area is 213 Å². The molecule has 1 unspecified atom stereocenters. The number of anilines is 2. The third kappa shape index (κ3) is 5.46. The number of alkyl halides is 3. The Morgan fingerprint density at radius 2 is 1.84 bits per heavy atom. The number of nitriles is 1. The third-order valence-electron chi connectivity index (χ3n) is 5.86. The van der Waals surface area contributed by atoms with Crippen molar-refractivity contribution in [3.8, 4) is 6.07 Å². The quantitative estimate of drug-likeness (QED) is 0.475. The normalized spacial score (nSPS) is 16.8. The van der Waals surface area contributed by atoms with Gasteiger partial charge in [0.05, 0.1) is 17.5 Å². The summed E-state index contributed by atoms with van der Waals surface area (Å²) in [4.78, 5) is 42.9. The van der Waals surface area contributed by atoms with Crippen LogP contribution in [0, 0.1) is 17.1 Å². The number of carbonyl (C=O) groups excluding carboxylic acids is 3. The Morgan fingerprint density at radius 3 is 2.47 bits per heavy atom. The van der Waals surface area contributed by atoms with E-state index in [1.165, 1.54) is 49.5 Å². The molecule has 0 spiro atoms. The van der Waals surface area contributed by atoms with Gasteiger partial charge in [0.25, 0.3) is 5.91 Å². The number of benzene rings is 2. The first-order chi connectivity index (χ1) is 18.0. The molecule has 38 heavy (non-hydrogen) atoms. The number of pyridine rings is 1. The van der Waals surface area contributed by atoms with Gasteiger partial charge in [0, 0.05) is 24.4 Å². The molecule has 8 nitrogen and oxygen atoms in total. The molecule has 2 aromatic carbocycles. The second kappa shape index (κ2) is 10.3. The second-order valence-electron chi connectivity index (χ2n) is 8.51. The fourth-order valence-electron chi connectivity index (χ4n) is 4.36. The number of fused-ring (bicyclic) bond motifs is 1. The van der Waals surface area contributed by atoms with Crippen LogP contribution in [0.15, 0.2) is 60.8 Å². The highest BCUT2D eigenvalue weighted by molar-refractivity contribution is 6.04. The van der Waals surface area contributed by atoms with Gasteiger partial charge in [0.1, 0.15) is 24.2 Å². The molecule has 3 aromatic rings. The van der Waals surface area contributed by atoms with Gasteiger partial charge in [-0.15, -0.1) is 0 Å². The molecule has 12 heteroatoms. The molecule has 0 radical (unpaired) electrons. The number of aromatic nitrogens is 1. The van der Waals surface area contributed by atoms with Crippen molar-refractivity contribution in [2.45, 2.75) is 25.1 Å². The Hall–Kier alpha value is -4.79. The molecule has 1 aromatic heterocycles. The van der Waals surface area contributed by atoms with Gasteiger partial charge >= 0.3 is 6.18 Å². The van der Waals surface area contributed by atoms with Crippen LogP contribution < -0.4 is 10.6 Å². The lowest BCUT2D eigenvalue weighted by atomic mass is 9.79. The summed E-state index contributed by atoms with van der Waals surface area (Å²) in [5, 5.41) is 14.1. The van der Waals surface area contributed by atoms with Crippen LogP contribution in [0.1, 0.15) is 45.9 Å². The Balaban J connectivity index is 1.84. The van der Waals surface area contributed by atoms with Crippen molar-refractivity contribution in [3.63, 3.8) is 0 Å². The van der Waals surface area contributed by atoms with E-state index in [2.05, 4.69) is 15.6 Å². The fourth-order valence-corrected chi connectivity index (χ4v) is 4.36. The number of carbonyl (C=O) groups is 3. The van der Waals surface area contributed by atoms with Crippen LogP contribution in [0.4, 0.5) is 29.1 Å². The topological polar surface area (TPSA) is 115 Å².